The molecular formula is C15H16Cl2N2O4. The molecule has 0 bridgehead atoms. The Hall–Kier alpha value is -1.76. The van der Waals surface area contributed by atoms with E-state index in [1.165, 1.54) is 7.11 Å². The summed E-state index contributed by atoms with van der Waals surface area (Å²) < 4.78 is 9.66. The molecule has 3 N–H and O–H groups in total. The quantitative estimate of drug-likeness (QED) is 0.801. The van der Waals surface area contributed by atoms with Crippen molar-refractivity contribution in [2.24, 2.45) is 5.73 Å². The number of H-pyrrole nitrogens is 1. The van der Waals surface area contributed by atoms with Gasteiger partial charge >= 0.3 is 11.9 Å². The lowest BCUT2D eigenvalue weighted by atomic mass is 10.0. The van der Waals surface area contributed by atoms with E-state index < -0.39 is 18.0 Å². The number of benzene rings is 1. The second-order valence-electron chi connectivity index (χ2n) is 4.84. The number of ether oxygens (including phenoxy) is 2. The van der Waals surface area contributed by atoms with Crippen LogP contribution in [0.15, 0.2) is 12.1 Å². The molecule has 1 heterocycles. The molecule has 1 aromatic carbocycles. The van der Waals surface area contributed by atoms with Crippen molar-refractivity contribution in [2.75, 3.05) is 13.7 Å². The maximum atomic E-state index is 12.2. The smallest absolute Gasteiger partial charge is 0.355 e. The Morgan fingerprint density at radius 3 is 2.65 bits per heavy atom. The summed E-state index contributed by atoms with van der Waals surface area (Å²) in [6.07, 6.45) is 0.0716. The number of esters is 2. The largest absolute Gasteiger partial charge is 0.468 e. The van der Waals surface area contributed by atoms with Crippen LogP contribution in [0.2, 0.25) is 10.0 Å². The normalized spacial score (nSPS) is 12.2. The minimum Gasteiger partial charge on any atom is -0.468 e. The first-order valence-corrected chi connectivity index (χ1v) is 7.64. The van der Waals surface area contributed by atoms with Crippen LogP contribution in [0.5, 0.6) is 0 Å². The van der Waals surface area contributed by atoms with Gasteiger partial charge in [0.05, 0.1) is 18.7 Å². The van der Waals surface area contributed by atoms with E-state index >= 15 is 0 Å². The molecule has 0 radical (unpaired) electrons. The highest BCUT2D eigenvalue weighted by Gasteiger charge is 2.25. The van der Waals surface area contributed by atoms with Crippen molar-refractivity contribution in [3.05, 3.63) is 33.4 Å². The van der Waals surface area contributed by atoms with Gasteiger partial charge in [-0.25, -0.2) is 4.79 Å². The summed E-state index contributed by atoms with van der Waals surface area (Å²) in [6, 6.07) is 2.26. The van der Waals surface area contributed by atoms with Crippen molar-refractivity contribution in [1.29, 1.82) is 0 Å². The number of aromatic amines is 1. The molecule has 2 aromatic rings. The molecule has 8 heteroatoms. The number of rotatable bonds is 5. The number of carbonyl (C=O) groups is 2. The minimum absolute atomic E-state index is 0.0716. The van der Waals surface area contributed by atoms with Crippen LogP contribution in [-0.2, 0) is 20.7 Å². The van der Waals surface area contributed by atoms with E-state index in [1.807, 2.05) is 0 Å². The Morgan fingerprint density at radius 1 is 1.35 bits per heavy atom. The van der Waals surface area contributed by atoms with Gasteiger partial charge in [0.15, 0.2) is 0 Å². The zero-order chi connectivity index (χ0) is 17.1. The molecule has 0 saturated heterocycles. The first-order valence-electron chi connectivity index (χ1n) is 6.89. The number of nitrogens with one attached hydrogen (secondary N) is 1. The molecule has 1 aromatic heterocycles. The van der Waals surface area contributed by atoms with Crippen LogP contribution in [0.1, 0.15) is 23.0 Å². The number of methoxy groups -OCH3 is 1. The van der Waals surface area contributed by atoms with Gasteiger partial charge < -0.3 is 20.2 Å². The van der Waals surface area contributed by atoms with Gasteiger partial charge in [0.1, 0.15) is 11.7 Å². The molecule has 6 nitrogen and oxygen atoms in total. The van der Waals surface area contributed by atoms with E-state index in [2.05, 4.69) is 9.72 Å². The SMILES string of the molecule is CCOC(=O)c1[nH]c2cc(Cl)cc(Cl)c2c1CC(N)C(=O)OC. The van der Waals surface area contributed by atoms with E-state index in [-0.39, 0.29) is 18.7 Å². The summed E-state index contributed by atoms with van der Waals surface area (Å²) in [6.45, 7) is 1.91. The van der Waals surface area contributed by atoms with Gasteiger partial charge in [-0.15, -0.1) is 0 Å². The topological polar surface area (TPSA) is 94.4 Å². The molecule has 0 amide bonds. The van der Waals surface area contributed by atoms with Gasteiger partial charge in [0, 0.05) is 22.3 Å². The maximum Gasteiger partial charge on any atom is 0.355 e. The standard InChI is InChI=1S/C15H16Cl2N2O4/c1-3-23-15(21)13-8(6-10(18)14(20)22-2)12-9(17)4-7(16)5-11(12)19-13/h4-5,10,19H,3,6,18H2,1-2H3. The van der Waals surface area contributed by atoms with Crippen molar-refractivity contribution in [1.82, 2.24) is 4.98 Å². The highest BCUT2D eigenvalue weighted by molar-refractivity contribution is 6.39. The molecule has 1 atom stereocenters. The van der Waals surface area contributed by atoms with E-state index in [4.69, 9.17) is 33.7 Å². The first-order chi connectivity index (χ1) is 10.9. The van der Waals surface area contributed by atoms with Crippen molar-refractivity contribution in [3.63, 3.8) is 0 Å². The minimum atomic E-state index is -0.932. The van der Waals surface area contributed by atoms with Gasteiger partial charge in [0.25, 0.3) is 0 Å². The van der Waals surface area contributed by atoms with E-state index in [1.54, 1.807) is 19.1 Å². The number of nitrogens with two attached hydrogens (primary N) is 1. The fourth-order valence-electron chi connectivity index (χ4n) is 2.35. The van der Waals surface area contributed by atoms with Crippen molar-refractivity contribution >= 4 is 46.0 Å². The summed E-state index contributed by atoms with van der Waals surface area (Å²) in [5.74, 6) is -1.14. The predicted molar refractivity (Wildman–Crippen MR) is 88.0 cm³/mol. The fraction of sp³-hybridized carbons (Fsp3) is 0.333. The zero-order valence-electron chi connectivity index (χ0n) is 12.6. The molecule has 0 aliphatic rings. The van der Waals surface area contributed by atoms with Crippen LogP contribution in [0.25, 0.3) is 10.9 Å². The lowest BCUT2D eigenvalue weighted by Gasteiger charge is -2.10. The van der Waals surface area contributed by atoms with Crippen molar-refractivity contribution < 1.29 is 19.1 Å². The first kappa shape index (κ1) is 17.6. The lowest BCUT2D eigenvalue weighted by molar-refractivity contribution is -0.142. The third-order valence-corrected chi connectivity index (χ3v) is 3.84. The van der Waals surface area contributed by atoms with Crippen LogP contribution < -0.4 is 5.73 Å². The monoisotopic (exact) mass is 358 g/mol. The number of fused-ring (bicyclic) bond motifs is 1. The van der Waals surface area contributed by atoms with Gasteiger partial charge in [-0.2, -0.15) is 0 Å². The summed E-state index contributed by atoms with van der Waals surface area (Å²) in [5, 5.41) is 1.35. The summed E-state index contributed by atoms with van der Waals surface area (Å²) in [5.41, 5.74) is 7.09. The Kier molecular flexibility index (Phi) is 5.51. The molecule has 0 saturated carbocycles. The molecule has 0 aliphatic carbocycles. The highest BCUT2D eigenvalue weighted by Crippen LogP contribution is 2.33. The Morgan fingerprint density at radius 2 is 2.04 bits per heavy atom. The second kappa shape index (κ2) is 7.21. The molecule has 124 valence electrons. The highest BCUT2D eigenvalue weighted by atomic mass is 35.5. The molecule has 23 heavy (non-hydrogen) atoms. The number of hydrogen-bond acceptors (Lipinski definition) is 5. The second-order valence-corrected chi connectivity index (χ2v) is 5.69. The maximum absolute atomic E-state index is 12.2. The number of carbonyl (C=O) groups excluding carboxylic acids is 2. The Balaban J connectivity index is 2.59. The summed E-state index contributed by atoms with van der Waals surface area (Å²) in [7, 11) is 1.25. The lowest BCUT2D eigenvalue weighted by Crippen LogP contribution is -2.34. The molecule has 2 rings (SSSR count). The molecule has 0 spiro atoms. The van der Waals surface area contributed by atoms with Crippen LogP contribution in [0.3, 0.4) is 0 Å². The molecule has 1 unspecified atom stereocenters. The van der Waals surface area contributed by atoms with Gasteiger partial charge in [-0.05, 0) is 24.6 Å². The fourth-order valence-corrected chi connectivity index (χ4v) is 2.96. The van der Waals surface area contributed by atoms with Crippen LogP contribution in [0.4, 0.5) is 0 Å². The predicted octanol–water partition coefficient (Wildman–Crippen LogP) is 2.69. The van der Waals surface area contributed by atoms with Crippen LogP contribution in [0, 0.1) is 0 Å². The summed E-state index contributed by atoms with van der Waals surface area (Å²) >= 11 is 12.2. The number of halogens is 2. The number of aromatic nitrogens is 1. The average molecular weight is 359 g/mol. The van der Waals surface area contributed by atoms with E-state index in [9.17, 15) is 9.59 Å². The average Bonchev–Trinajstić information content (AvgIpc) is 2.85. The van der Waals surface area contributed by atoms with E-state index in [0.29, 0.717) is 26.5 Å². The van der Waals surface area contributed by atoms with E-state index in [0.717, 1.165) is 0 Å². The van der Waals surface area contributed by atoms with Crippen molar-refractivity contribution in [3.8, 4) is 0 Å². The van der Waals surface area contributed by atoms with Gasteiger partial charge in [0.2, 0.25) is 0 Å². The number of hydrogen-bond donors (Lipinski definition) is 2. The molecular weight excluding hydrogens is 343 g/mol. The Bertz CT molecular complexity index is 758. The zero-order valence-corrected chi connectivity index (χ0v) is 14.1. The third kappa shape index (κ3) is 3.60. The van der Waals surface area contributed by atoms with Crippen LogP contribution in [-0.4, -0.2) is 36.7 Å². The third-order valence-electron chi connectivity index (χ3n) is 3.33. The molecule has 0 aliphatic heterocycles. The molecule has 0 fully saturated rings. The van der Waals surface area contributed by atoms with Crippen molar-refractivity contribution in [2.45, 2.75) is 19.4 Å². The van der Waals surface area contributed by atoms with Crippen LogP contribution >= 0.6 is 23.2 Å². The van der Waals surface area contributed by atoms with Gasteiger partial charge in [-0.3, -0.25) is 4.79 Å². The summed E-state index contributed by atoms with van der Waals surface area (Å²) in [4.78, 5) is 26.7. The van der Waals surface area contributed by atoms with Gasteiger partial charge in [-0.1, -0.05) is 23.2 Å². The Labute approximate surface area is 142 Å².